The second-order valence-corrected chi connectivity index (χ2v) is 6.83. The standard InChI is InChI=1S/C20H20N2O2S/c1-14(2)24-12-19-22-18(13-25-19)15-8-10-17(11-9-15)21-20(23)16-6-4-3-5-7-16/h3-11,13-14H,12H2,1-2H3,(H,21,23). The normalized spacial score (nSPS) is 10.8. The van der Waals surface area contributed by atoms with Crippen LogP contribution in [-0.4, -0.2) is 17.0 Å². The topological polar surface area (TPSA) is 51.2 Å². The fourth-order valence-corrected chi connectivity index (χ4v) is 2.99. The Morgan fingerprint density at radius 1 is 1.12 bits per heavy atom. The highest BCUT2D eigenvalue weighted by atomic mass is 32.1. The van der Waals surface area contributed by atoms with Crippen LogP contribution in [0.15, 0.2) is 60.0 Å². The highest BCUT2D eigenvalue weighted by Crippen LogP contribution is 2.24. The lowest BCUT2D eigenvalue weighted by atomic mass is 10.1. The first-order valence-corrected chi connectivity index (χ1v) is 9.02. The van der Waals surface area contributed by atoms with Gasteiger partial charge in [-0.05, 0) is 38.1 Å². The summed E-state index contributed by atoms with van der Waals surface area (Å²) in [6, 6.07) is 16.9. The molecule has 0 aliphatic carbocycles. The van der Waals surface area contributed by atoms with Gasteiger partial charge in [0, 0.05) is 22.2 Å². The number of benzene rings is 2. The maximum Gasteiger partial charge on any atom is 0.255 e. The lowest BCUT2D eigenvalue weighted by molar-refractivity contribution is 0.0656. The summed E-state index contributed by atoms with van der Waals surface area (Å²) in [6.45, 7) is 4.56. The number of ether oxygens (including phenoxy) is 1. The monoisotopic (exact) mass is 352 g/mol. The molecule has 4 nitrogen and oxygen atoms in total. The first-order valence-electron chi connectivity index (χ1n) is 8.14. The first kappa shape index (κ1) is 17.3. The number of carbonyl (C=O) groups excluding carboxylic acids is 1. The molecule has 1 amide bonds. The van der Waals surface area contributed by atoms with Crippen molar-refractivity contribution < 1.29 is 9.53 Å². The van der Waals surface area contributed by atoms with Crippen molar-refractivity contribution in [3.8, 4) is 11.3 Å². The maximum atomic E-state index is 12.2. The number of thiazole rings is 1. The minimum absolute atomic E-state index is 0.116. The molecular weight excluding hydrogens is 332 g/mol. The predicted octanol–water partition coefficient (Wildman–Crippen LogP) is 4.99. The van der Waals surface area contributed by atoms with Gasteiger partial charge in [-0.2, -0.15) is 0 Å². The molecule has 128 valence electrons. The van der Waals surface area contributed by atoms with Crippen LogP contribution in [0.5, 0.6) is 0 Å². The van der Waals surface area contributed by atoms with Gasteiger partial charge in [0.05, 0.1) is 18.4 Å². The van der Waals surface area contributed by atoms with Crippen LogP contribution in [0.4, 0.5) is 5.69 Å². The number of hydrogen-bond acceptors (Lipinski definition) is 4. The number of nitrogens with zero attached hydrogens (tertiary/aromatic N) is 1. The Labute approximate surface area is 151 Å². The minimum Gasteiger partial charge on any atom is -0.372 e. The second kappa shape index (κ2) is 8.05. The summed E-state index contributed by atoms with van der Waals surface area (Å²) in [4.78, 5) is 16.8. The molecule has 1 N–H and O–H groups in total. The van der Waals surface area contributed by atoms with Gasteiger partial charge in [0.25, 0.3) is 5.91 Å². The molecular formula is C20H20N2O2S. The van der Waals surface area contributed by atoms with Crippen molar-refractivity contribution >= 4 is 22.9 Å². The number of rotatable bonds is 6. The lowest BCUT2D eigenvalue weighted by Gasteiger charge is -2.06. The molecule has 0 atom stereocenters. The number of aromatic nitrogens is 1. The zero-order valence-electron chi connectivity index (χ0n) is 14.2. The van der Waals surface area contributed by atoms with Crippen molar-refractivity contribution in [3.63, 3.8) is 0 Å². The van der Waals surface area contributed by atoms with E-state index in [2.05, 4.69) is 10.3 Å². The Kier molecular flexibility index (Phi) is 5.58. The second-order valence-electron chi connectivity index (χ2n) is 5.88. The van der Waals surface area contributed by atoms with Crippen molar-refractivity contribution in [1.29, 1.82) is 0 Å². The average molecular weight is 352 g/mol. The smallest absolute Gasteiger partial charge is 0.255 e. The molecule has 1 heterocycles. The average Bonchev–Trinajstić information content (AvgIpc) is 3.10. The number of nitrogens with one attached hydrogen (secondary N) is 1. The Hall–Kier alpha value is -2.50. The van der Waals surface area contributed by atoms with E-state index in [4.69, 9.17) is 4.74 Å². The summed E-state index contributed by atoms with van der Waals surface area (Å²) in [5, 5.41) is 5.89. The summed E-state index contributed by atoms with van der Waals surface area (Å²) in [5.74, 6) is -0.116. The van der Waals surface area contributed by atoms with Gasteiger partial charge >= 0.3 is 0 Å². The van der Waals surface area contributed by atoms with E-state index >= 15 is 0 Å². The van der Waals surface area contributed by atoms with E-state index in [0.717, 1.165) is 22.0 Å². The highest BCUT2D eigenvalue weighted by molar-refractivity contribution is 7.09. The van der Waals surface area contributed by atoms with Crippen molar-refractivity contribution in [1.82, 2.24) is 4.98 Å². The minimum atomic E-state index is -0.116. The summed E-state index contributed by atoms with van der Waals surface area (Å²) in [5.41, 5.74) is 3.34. The van der Waals surface area contributed by atoms with E-state index < -0.39 is 0 Å². The fraction of sp³-hybridized carbons (Fsp3) is 0.200. The number of hydrogen-bond donors (Lipinski definition) is 1. The Balaban J connectivity index is 1.65. The Morgan fingerprint density at radius 3 is 2.52 bits per heavy atom. The molecule has 0 spiro atoms. The maximum absolute atomic E-state index is 12.2. The quantitative estimate of drug-likeness (QED) is 0.680. The summed E-state index contributed by atoms with van der Waals surface area (Å²) in [7, 11) is 0. The van der Waals surface area contributed by atoms with Crippen LogP contribution in [0.1, 0.15) is 29.2 Å². The van der Waals surface area contributed by atoms with Gasteiger partial charge in [0.2, 0.25) is 0 Å². The molecule has 0 fully saturated rings. The van der Waals surface area contributed by atoms with Gasteiger partial charge in [0.1, 0.15) is 5.01 Å². The third kappa shape index (κ3) is 4.75. The van der Waals surface area contributed by atoms with Crippen LogP contribution in [0.2, 0.25) is 0 Å². The lowest BCUT2D eigenvalue weighted by Crippen LogP contribution is -2.11. The van der Waals surface area contributed by atoms with Crippen molar-refractivity contribution in [2.24, 2.45) is 0 Å². The first-order chi connectivity index (χ1) is 12.1. The number of carbonyl (C=O) groups is 1. The van der Waals surface area contributed by atoms with E-state index in [0.29, 0.717) is 12.2 Å². The zero-order valence-corrected chi connectivity index (χ0v) is 15.0. The van der Waals surface area contributed by atoms with Crippen LogP contribution in [0.3, 0.4) is 0 Å². The van der Waals surface area contributed by atoms with Gasteiger partial charge < -0.3 is 10.1 Å². The molecule has 3 aromatic rings. The molecule has 2 aromatic carbocycles. The van der Waals surface area contributed by atoms with E-state index in [1.54, 1.807) is 23.5 Å². The molecule has 0 saturated carbocycles. The SMILES string of the molecule is CC(C)OCc1nc(-c2ccc(NC(=O)c3ccccc3)cc2)cs1. The van der Waals surface area contributed by atoms with Crippen LogP contribution in [0.25, 0.3) is 11.3 Å². The molecule has 0 radical (unpaired) electrons. The van der Waals surface area contributed by atoms with E-state index in [9.17, 15) is 4.79 Å². The number of anilines is 1. The predicted molar refractivity (Wildman–Crippen MR) is 102 cm³/mol. The highest BCUT2D eigenvalue weighted by Gasteiger charge is 2.08. The van der Waals surface area contributed by atoms with Gasteiger partial charge in [-0.15, -0.1) is 11.3 Å². The van der Waals surface area contributed by atoms with Crippen LogP contribution in [-0.2, 0) is 11.3 Å². The van der Waals surface area contributed by atoms with E-state index in [-0.39, 0.29) is 12.0 Å². The van der Waals surface area contributed by atoms with Crippen molar-refractivity contribution in [2.45, 2.75) is 26.6 Å². The molecule has 0 bridgehead atoms. The van der Waals surface area contributed by atoms with Crippen LogP contribution < -0.4 is 5.32 Å². The third-order valence-electron chi connectivity index (χ3n) is 3.57. The van der Waals surface area contributed by atoms with Crippen molar-refractivity contribution in [3.05, 3.63) is 70.5 Å². The van der Waals surface area contributed by atoms with Gasteiger partial charge in [-0.1, -0.05) is 30.3 Å². The van der Waals surface area contributed by atoms with Crippen LogP contribution >= 0.6 is 11.3 Å². The molecule has 25 heavy (non-hydrogen) atoms. The van der Waals surface area contributed by atoms with Gasteiger partial charge in [-0.3, -0.25) is 4.79 Å². The zero-order chi connectivity index (χ0) is 17.6. The van der Waals surface area contributed by atoms with E-state index in [1.807, 2.05) is 61.7 Å². The molecule has 0 aliphatic heterocycles. The van der Waals surface area contributed by atoms with Gasteiger partial charge in [0.15, 0.2) is 0 Å². The summed E-state index contributed by atoms with van der Waals surface area (Å²) < 4.78 is 5.58. The largest absolute Gasteiger partial charge is 0.372 e. The molecule has 5 heteroatoms. The third-order valence-corrected chi connectivity index (χ3v) is 4.39. The molecule has 1 aromatic heterocycles. The molecule has 3 rings (SSSR count). The van der Waals surface area contributed by atoms with E-state index in [1.165, 1.54) is 0 Å². The fourth-order valence-electron chi connectivity index (χ4n) is 2.26. The molecule has 0 saturated heterocycles. The summed E-state index contributed by atoms with van der Waals surface area (Å²) >= 11 is 1.59. The molecule has 0 unspecified atom stereocenters. The Morgan fingerprint density at radius 2 is 1.84 bits per heavy atom. The number of amides is 1. The Bertz CT molecular complexity index is 826. The van der Waals surface area contributed by atoms with Gasteiger partial charge in [-0.25, -0.2) is 4.98 Å². The summed E-state index contributed by atoms with van der Waals surface area (Å²) in [6.07, 6.45) is 0.194. The van der Waals surface area contributed by atoms with Crippen LogP contribution in [0, 0.1) is 0 Å². The van der Waals surface area contributed by atoms with Crippen molar-refractivity contribution in [2.75, 3.05) is 5.32 Å². The molecule has 0 aliphatic rings.